The summed E-state index contributed by atoms with van der Waals surface area (Å²) in [6.07, 6.45) is 0. The molecule has 0 unspecified atom stereocenters. The number of aryl methyl sites for hydroxylation is 1. The number of hydrogen-bond acceptors (Lipinski definition) is 2. The van der Waals surface area contributed by atoms with E-state index in [1.54, 1.807) is 0 Å². The van der Waals surface area contributed by atoms with E-state index in [2.05, 4.69) is 33.0 Å². The van der Waals surface area contributed by atoms with Gasteiger partial charge in [0.15, 0.2) is 5.82 Å². The lowest BCUT2D eigenvalue weighted by molar-refractivity contribution is 0.798. The maximum Gasteiger partial charge on any atom is 0.164 e. The van der Waals surface area contributed by atoms with Crippen molar-refractivity contribution in [1.82, 2.24) is 14.8 Å². The molecule has 0 aliphatic carbocycles. The van der Waals surface area contributed by atoms with Gasteiger partial charge in [-0.2, -0.15) is 0 Å². The summed E-state index contributed by atoms with van der Waals surface area (Å²) < 4.78 is 2.14. The molecule has 3 rings (SSSR count). The molecule has 1 aromatic carbocycles. The highest BCUT2D eigenvalue weighted by atomic mass is 15.3. The smallest absolute Gasteiger partial charge is 0.164 e. The molecule has 64 valence electrons. The Bertz CT molecular complexity index is 471. The zero-order valence-corrected chi connectivity index (χ0v) is 7.36. The zero-order chi connectivity index (χ0) is 8.84. The second kappa shape index (κ2) is 2.19. The number of nitrogens with zero attached hydrogens (tertiary/aromatic N) is 3. The lowest BCUT2D eigenvalue weighted by atomic mass is 10.1. The topological polar surface area (TPSA) is 30.7 Å². The van der Waals surface area contributed by atoms with E-state index in [4.69, 9.17) is 0 Å². The van der Waals surface area contributed by atoms with Crippen LogP contribution in [-0.2, 0) is 6.54 Å². The number of rotatable bonds is 0. The summed E-state index contributed by atoms with van der Waals surface area (Å²) in [7, 11) is 0. The van der Waals surface area contributed by atoms with Gasteiger partial charge in [-0.25, -0.2) is 0 Å². The van der Waals surface area contributed by atoms with Crippen molar-refractivity contribution in [2.24, 2.45) is 0 Å². The number of fused-ring (bicyclic) bond motifs is 3. The average molecular weight is 171 g/mol. The van der Waals surface area contributed by atoms with E-state index in [9.17, 15) is 0 Å². The first-order valence-corrected chi connectivity index (χ1v) is 4.34. The summed E-state index contributed by atoms with van der Waals surface area (Å²) in [6, 6.07) is 8.35. The van der Waals surface area contributed by atoms with E-state index < -0.39 is 0 Å². The van der Waals surface area contributed by atoms with Crippen molar-refractivity contribution >= 4 is 0 Å². The van der Waals surface area contributed by atoms with E-state index in [0.29, 0.717) is 0 Å². The summed E-state index contributed by atoms with van der Waals surface area (Å²) in [6.45, 7) is 2.91. The quantitative estimate of drug-likeness (QED) is 0.514. The van der Waals surface area contributed by atoms with Crippen LogP contribution in [0.4, 0.5) is 0 Å². The van der Waals surface area contributed by atoms with Crippen LogP contribution in [0.25, 0.3) is 11.4 Å². The third kappa shape index (κ3) is 0.786. The molecule has 0 saturated heterocycles. The predicted octanol–water partition coefficient (Wildman–Crippen LogP) is 1.62. The highest BCUT2D eigenvalue weighted by Gasteiger charge is 2.20. The van der Waals surface area contributed by atoms with Crippen LogP contribution in [0.3, 0.4) is 0 Å². The van der Waals surface area contributed by atoms with Gasteiger partial charge < -0.3 is 4.57 Å². The summed E-state index contributed by atoms with van der Waals surface area (Å²) in [5, 5.41) is 8.20. The Morgan fingerprint density at radius 2 is 2.08 bits per heavy atom. The number of benzene rings is 1. The Kier molecular flexibility index (Phi) is 1.15. The van der Waals surface area contributed by atoms with Crippen LogP contribution in [0.1, 0.15) is 11.4 Å². The zero-order valence-electron chi connectivity index (χ0n) is 7.36. The van der Waals surface area contributed by atoms with E-state index in [1.165, 1.54) is 11.1 Å². The Morgan fingerprint density at radius 3 is 3.00 bits per heavy atom. The Labute approximate surface area is 76.0 Å². The summed E-state index contributed by atoms with van der Waals surface area (Å²) >= 11 is 0. The van der Waals surface area contributed by atoms with Gasteiger partial charge in [0.1, 0.15) is 5.82 Å². The van der Waals surface area contributed by atoms with Crippen LogP contribution in [0.15, 0.2) is 24.3 Å². The Morgan fingerprint density at radius 1 is 1.23 bits per heavy atom. The van der Waals surface area contributed by atoms with Gasteiger partial charge in [-0.1, -0.05) is 24.3 Å². The molecule has 0 amide bonds. The predicted molar refractivity (Wildman–Crippen MR) is 49.3 cm³/mol. The first-order chi connectivity index (χ1) is 6.36. The van der Waals surface area contributed by atoms with Crippen molar-refractivity contribution in [3.8, 4) is 11.4 Å². The van der Waals surface area contributed by atoms with Crippen LogP contribution in [0.5, 0.6) is 0 Å². The van der Waals surface area contributed by atoms with E-state index in [1.807, 2.05) is 13.0 Å². The summed E-state index contributed by atoms with van der Waals surface area (Å²) in [4.78, 5) is 0. The molecule has 0 atom stereocenters. The minimum atomic E-state index is 0.921. The Balaban J connectivity index is 2.32. The monoisotopic (exact) mass is 171 g/mol. The molecule has 0 N–H and O–H groups in total. The van der Waals surface area contributed by atoms with Gasteiger partial charge in [-0.05, 0) is 12.5 Å². The maximum absolute atomic E-state index is 4.15. The van der Waals surface area contributed by atoms with Crippen molar-refractivity contribution in [2.75, 3.05) is 0 Å². The Hall–Kier alpha value is -1.64. The third-order valence-corrected chi connectivity index (χ3v) is 2.52. The van der Waals surface area contributed by atoms with Crippen LogP contribution in [0.2, 0.25) is 0 Å². The molecule has 1 aromatic heterocycles. The molecule has 0 saturated carbocycles. The molecular formula is C10H9N3. The van der Waals surface area contributed by atoms with Crippen LogP contribution >= 0.6 is 0 Å². The van der Waals surface area contributed by atoms with E-state index >= 15 is 0 Å². The molecule has 1 aliphatic rings. The highest BCUT2D eigenvalue weighted by Crippen LogP contribution is 2.29. The second-order valence-corrected chi connectivity index (χ2v) is 3.31. The highest BCUT2D eigenvalue weighted by molar-refractivity contribution is 5.64. The average Bonchev–Trinajstić information content (AvgIpc) is 2.67. The van der Waals surface area contributed by atoms with Gasteiger partial charge in [-0.15, -0.1) is 10.2 Å². The fourth-order valence-electron chi connectivity index (χ4n) is 1.82. The third-order valence-electron chi connectivity index (χ3n) is 2.52. The van der Waals surface area contributed by atoms with Crippen molar-refractivity contribution in [3.63, 3.8) is 0 Å². The fraction of sp³-hybridized carbons (Fsp3) is 0.200. The standard InChI is InChI=1S/C10H9N3/c1-7-11-12-10-9-5-3-2-4-8(9)6-13(7)10/h2-5H,6H2,1H3. The largest absolute Gasteiger partial charge is 0.307 e. The van der Waals surface area contributed by atoms with Crippen LogP contribution < -0.4 is 0 Å². The number of aromatic nitrogens is 3. The van der Waals surface area contributed by atoms with Gasteiger partial charge in [0.05, 0.1) is 6.54 Å². The molecular weight excluding hydrogens is 162 g/mol. The molecule has 0 bridgehead atoms. The lowest BCUT2D eigenvalue weighted by Crippen LogP contribution is -1.95. The van der Waals surface area contributed by atoms with Crippen molar-refractivity contribution in [1.29, 1.82) is 0 Å². The summed E-state index contributed by atoms with van der Waals surface area (Å²) in [5.41, 5.74) is 2.57. The van der Waals surface area contributed by atoms with Gasteiger partial charge in [0.25, 0.3) is 0 Å². The van der Waals surface area contributed by atoms with Gasteiger partial charge in [0.2, 0.25) is 0 Å². The SMILES string of the molecule is Cc1nnc2n1Cc1ccccc1-2. The molecule has 0 fully saturated rings. The molecule has 3 heteroatoms. The minimum absolute atomic E-state index is 0.921. The molecule has 2 aromatic rings. The molecule has 1 aliphatic heterocycles. The van der Waals surface area contributed by atoms with Gasteiger partial charge in [0, 0.05) is 5.56 Å². The normalized spacial score (nSPS) is 12.7. The second-order valence-electron chi connectivity index (χ2n) is 3.31. The molecule has 13 heavy (non-hydrogen) atoms. The maximum atomic E-state index is 4.15. The van der Waals surface area contributed by atoms with Crippen LogP contribution in [-0.4, -0.2) is 14.8 Å². The molecule has 3 nitrogen and oxygen atoms in total. The number of hydrogen-bond donors (Lipinski definition) is 0. The van der Waals surface area contributed by atoms with E-state index in [0.717, 1.165) is 18.2 Å². The van der Waals surface area contributed by atoms with Crippen molar-refractivity contribution < 1.29 is 0 Å². The first-order valence-electron chi connectivity index (χ1n) is 4.34. The van der Waals surface area contributed by atoms with Crippen molar-refractivity contribution in [2.45, 2.75) is 13.5 Å². The molecule has 0 radical (unpaired) electrons. The molecule has 2 heterocycles. The molecule has 0 spiro atoms. The van der Waals surface area contributed by atoms with Gasteiger partial charge in [-0.3, -0.25) is 0 Å². The summed E-state index contributed by atoms with van der Waals surface area (Å²) in [5.74, 6) is 2.00. The van der Waals surface area contributed by atoms with Crippen LogP contribution in [0, 0.1) is 6.92 Å². The van der Waals surface area contributed by atoms with E-state index in [-0.39, 0.29) is 0 Å². The lowest BCUT2D eigenvalue weighted by Gasteiger charge is -1.95. The van der Waals surface area contributed by atoms with Crippen molar-refractivity contribution in [3.05, 3.63) is 35.7 Å². The minimum Gasteiger partial charge on any atom is -0.307 e. The van der Waals surface area contributed by atoms with Gasteiger partial charge >= 0.3 is 0 Å². The first kappa shape index (κ1) is 6.83. The fourth-order valence-corrected chi connectivity index (χ4v) is 1.82.